The second-order valence-corrected chi connectivity index (χ2v) is 5.80. The summed E-state index contributed by atoms with van der Waals surface area (Å²) in [5, 5.41) is 0. The second-order valence-electron chi connectivity index (χ2n) is 5.80. The molecule has 1 aliphatic heterocycles. The summed E-state index contributed by atoms with van der Waals surface area (Å²) in [7, 11) is 1.55. The van der Waals surface area contributed by atoms with Crippen molar-refractivity contribution in [1.82, 2.24) is 9.88 Å². The van der Waals surface area contributed by atoms with Gasteiger partial charge in [-0.3, -0.25) is 4.79 Å². The monoisotopic (exact) mass is 280 g/mol. The van der Waals surface area contributed by atoms with E-state index in [1.165, 1.54) is 0 Å². The van der Waals surface area contributed by atoms with Gasteiger partial charge in [-0.15, -0.1) is 0 Å². The fourth-order valence-electron chi connectivity index (χ4n) is 2.32. The Morgan fingerprint density at radius 3 is 2.85 bits per heavy atom. The lowest BCUT2D eigenvalue weighted by Gasteiger charge is -2.27. The number of hydrogen-bond acceptors (Lipinski definition) is 4. The van der Waals surface area contributed by atoms with Crippen molar-refractivity contribution in [1.29, 1.82) is 0 Å². The van der Waals surface area contributed by atoms with E-state index in [4.69, 9.17) is 9.15 Å². The third-order valence-electron chi connectivity index (χ3n) is 3.72. The first-order valence-electron chi connectivity index (χ1n) is 7.30. The smallest absolute Gasteiger partial charge is 0.251 e. The van der Waals surface area contributed by atoms with Crippen LogP contribution in [0.4, 0.5) is 0 Å². The largest absolute Gasteiger partial charge is 0.445 e. The normalized spacial score (nSPS) is 16.4. The Balaban J connectivity index is 2.01. The average Bonchev–Trinajstić information content (AvgIpc) is 2.85. The molecule has 1 amide bonds. The molecule has 0 saturated carbocycles. The first-order chi connectivity index (χ1) is 9.51. The predicted molar refractivity (Wildman–Crippen MR) is 75.3 cm³/mol. The molecule has 0 saturated heterocycles. The Hall–Kier alpha value is -1.36. The van der Waals surface area contributed by atoms with Crippen LogP contribution in [0.5, 0.6) is 0 Å². The van der Waals surface area contributed by atoms with E-state index in [0.717, 1.165) is 36.6 Å². The van der Waals surface area contributed by atoms with Gasteiger partial charge >= 0.3 is 0 Å². The standard InChI is InChI=1S/C15H24N2O3/c1-10(2)5-6-14-16-12-9-17(8-7-13(12)20-14)15(18)11(3)19-4/h10-11H,5-9H2,1-4H3. The lowest BCUT2D eigenvalue weighted by molar-refractivity contribution is -0.142. The molecule has 0 spiro atoms. The number of amides is 1. The van der Waals surface area contributed by atoms with E-state index in [9.17, 15) is 4.79 Å². The zero-order chi connectivity index (χ0) is 14.7. The van der Waals surface area contributed by atoms with Crippen LogP contribution in [-0.4, -0.2) is 35.5 Å². The molecule has 0 radical (unpaired) electrons. The summed E-state index contributed by atoms with van der Waals surface area (Å²) in [5.74, 6) is 2.40. The number of carbonyl (C=O) groups is 1. The van der Waals surface area contributed by atoms with Crippen molar-refractivity contribution in [3.05, 3.63) is 17.3 Å². The summed E-state index contributed by atoms with van der Waals surface area (Å²) in [5.41, 5.74) is 0.909. The van der Waals surface area contributed by atoms with Gasteiger partial charge in [-0.2, -0.15) is 0 Å². The Morgan fingerprint density at radius 2 is 2.20 bits per heavy atom. The molecular weight excluding hydrogens is 256 g/mol. The number of nitrogens with zero attached hydrogens (tertiary/aromatic N) is 2. The summed E-state index contributed by atoms with van der Waals surface area (Å²) in [6, 6.07) is 0. The maximum atomic E-state index is 12.1. The molecule has 112 valence electrons. The lowest BCUT2D eigenvalue weighted by Crippen LogP contribution is -2.41. The van der Waals surface area contributed by atoms with Crippen LogP contribution >= 0.6 is 0 Å². The number of fused-ring (bicyclic) bond motifs is 1. The maximum absolute atomic E-state index is 12.1. The molecule has 0 aromatic carbocycles. The van der Waals surface area contributed by atoms with E-state index < -0.39 is 6.10 Å². The fraction of sp³-hybridized carbons (Fsp3) is 0.733. The van der Waals surface area contributed by atoms with Crippen molar-refractivity contribution in [2.75, 3.05) is 13.7 Å². The number of carbonyl (C=O) groups excluding carboxylic acids is 1. The first kappa shape index (κ1) is 15.0. The van der Waals surface area contributed by atoms with Crippen LogP contribution in [0.15, 0.2) is 4.42 Å². The van der Waals surface area contributed by atoms with Crippen molar-refractivity contribution >= 4 is 5.91 Å². The summed E-state index contributed by atoms with van der Waals surface area (Å²) in [6.07, 6.45) is 2.28. The molecule has 0 fully saturated rings. The van der Waals surface area contributed by atoms with Crippen molar-refractivity contribution in [2.24, 2.45) is 5.92 Å². The molecule has 1 aromatic heterocycles. The Kier molecular flexibility index (Phi) is 4.81. The quantitative estimate of drug-likeness (QED) is 0.829. The molecule has 1 unspecified atom stereocenters. The zero-order valence-corrected chi connectivity index (χ0v) is 12.8. The minimum atomic E-state index is -0.399. The van der Waals surface area contributed by atoms with E-state index in [1.54, 1.807) is 18.9 Å². The van der Waals surface area contributed by atoms with Gasteiger partial charge in [-0.05, 0) is 19.3 Å². The van der Waals surface area contributed by atoms with Gasteiger partial charge in [0.2, 0.25) is 0 Å². The number of rotatable bonds is 5. The number of ether oxygens (including phenoxy) is 1. The van der Waals surface area contributed by atoms with Crippen molar-refractivity contribution in [3.8, 4) is 0 Å². The predicted octanol–water partition coefficient (Wildman–Crippen LogP) is 2.18. The highest BCUT2D eigenvalue weighted by Gasteiger charge is 2.27. The summed E-state index contributed by atoms with van der Waals surface area (Å²) in [6.45, 7) is 7.37. The van der Waals surface area contributed by atoms with Gasteiger partial charge in [0, 0.05) is 26.5 Å². The van der Waals surface area contributed by atoms with Crippen LogP contribution in [0, 0.1) is 5.92 Å². The third-order valence-corrected chi connectivity index (χ3v) is 3.72. The summed E-state index contributed by atoms with van der Waals surface area (Å²) in [4.78, 5) is 18.4. The topological polar surface area (TPSA) is 55.6 Å². The molecule has 0 N–H and O–H groups in total. The van der Waals surface area contributed by atoms with Gasteiger partial charge in [0.05, 0.1) is 6.54 Å². The SMILES string of the molecule is COC(C)C(=O)N1CCc2oc(CCC(C)C)nc2C1. The number of hydrogen-bond donors (Lipinski definition) is 0. The minimum Gasteiger partial charge on any atom is -0.445 e. The molecule has 20 heavy (non-hydrogen) atoms. The number of methoxy groups -OCH3 is 1. The van der Waals surface area contributed by atoms with Crippen LogP contribution in [0.3, 0.4) is 0 Å². The number of aromatic nitrogens is 1. The van der Waals surface area contributed by atoms with Crippen molar-refractivity contribution < 1.29 is 13.9 Å². The van der Waals surface area contributed by atoms with E-state index in [-0.39, 0.29) is 5.91 Å². The second kappa shape index (κ2) is 6.39. The summed E-state index contributed by atoms with van der Waals surface area (Å²) < 4.78 is 10.9. The van der Waals surface area contributed by atoms with Gasteiger partial charge in [0.1, 0.15) is 17.6 Å². The average molecular weight is 280 g/mol. The highest BCUT2D eigenvalue weighted by Crippen LogP contribution is 2.22. The number of aryl methyl sites for hydroxylation is 1. The molecule has 1 atom stereocenters. The van der Waals surface area contributed by atoms with Gasteiger partial charge in [0.15, 0.2) is 5.89 Å². The molecule has 1 aromatic rings. The van der Waals surface area contributed by atoms with Gasteiger partial charge < -0.3 is 14.1 Å². The molecule has 2 rings (SSSR count). The molecule has 2 heterocycles. The molecule has 5 heteroatoms. The molecule has 0 bridgehead atoms. The Morgan fingerprint density at radius 1 is 1.45 bits per heavy atom. The van der Waals surface area contributed by atoms with E-state index in [0.29, 0.717) is 19.0 Å². The van der Waals surface area contributed by atoms with Crippen LogP contribution in [0.1, 0.15) is 44.5 Å². The van der Waals surface area contributed by atoms with Gasteiger partial charge in [-0.25, -0.2) is 4.98 Å². The van der Waals surface area contributed by atoms with Gasteiger partial charge in [0.25, 0.3) is 5.91 Å². The Labute approximate surface area is 120 Å². The highest BCUT2D eigenvalue weighted by molar-refractivity contribution is 5.80. The van der Waals surface area contributed by atoms with E-state index in [1.807, 2.05) is 0 Å². The zero-order valence-electron chi connectivity index (χ0n) is 12.8. The summed E-state index contributed by atoms with van der Waals surface area (Å²) >= 11 is 0. The van der Waals surface area contributed by atoms with Gasteiger partial charge in [-0.1, -0.05) is 13.8 Å². The van der Waals surface area contributed by atoms with E-state index >= 15 is 0 Å². The maximum Gasteiger partial charge on any atom is 0.251 e. The Bertz CT molecular complexity index is 468. The van der Waals surface area contributed by atoms with Crippen LogP contribution in [0.25, 0.3) is 0 Å². The highest BCUT2D eigenvalue weighted by atomic mass is 16.5. The molecule has 5 nitrogen and oxygen atoms in total. The molecular formula is C15H24N2O3. The van der Waals surface area contributed by atoms with Crippen LogP contribution in [0.2, 0.25) is 0 Å². The van der Waals surface area contributed by atoms with E-state index in [2.05, 4.69) is 18.8 Å². The fourth-order valence-corrected chi connectivity index (χ4v) is 2.32. The minimum absolute atomic E-state index is 0.0184. The van der Waals surface area contributed by atoms with Crippen molar-refractivity contribution in [3.63, 3.8) is 0 Å². The number of oxazole rings is 1. The lowest BCUT2D eigenvalue weighted by atomic mass is 10.1. The third kappa shape index (κ3) is 3.39. The molecule has 0 aliphatic carbocycles. The first-order valence-corrected chi connectivity index (χ1v) is 7.30. The van der Waals surface area contributed by atoms with Crippen LogP contribution < -0.4 is 0 Å². The molecule has 1 aliphatic rings. The van der Waals surface area contributed by atoms with Crippen molar-refractivity contribution in [2.45, 2.75) is 52.7 Å². The van der Waals surface area contributed by atoms with Crippen LogP contribution in [-0.2, 0) is 28.9 Å².